The Morgan fingerprint density at radius 2 is 2.00 bits per heavy atom. The van der Waals surface area contributed by atoms with Crippen LogP contribution >= 0.6 is 22.6 Å². The summed E-state index contributed by atoms with van der Waals surface area (Å²) in [7, 11) is 0. The number of nitrogens with two attached hydrogens (primary N) is 1. The molecule has 0 radical (unpaired) electrons. The zero-order chi connectivity index (χ0) is 10.6. The standard InChI is InChI=1S/C10H12INO2/c11-6-8(10(12)14)5-7-1-3-9(13)4-2-7/h1-4,8,13H,5-6H2,(H2,12,14)/t8-/m1/s1. The molecule has 0 aliphatic carbocycles. The van der Waals surface area contributed by atoms with Gasteiger partial charge in [0.2, 0.25) is 5.91 Å². The van der Waals surface area contributed by atoms with E-state index in [1.165, 1.54) is 0 Å². The number of phenolic OH excluding ortho intramolecular Hbond substituents is 1. The highest BCUT2D eigenvalue weighted by atomic mass is 127. The fourth-order valence-corrected chi connectivity index (χ4v) is 1.89. The lowest BCUT2D eigenvalue weighted by Gasteiger charge is -2.09. The van der Waals surface area contributed by atoms with Crippen molar-refractivity contribution in [3.05, 3.63) is 29.8 Å². The molecule has 1 aromatic rings. The molecule has 0 saturated heterocycles. The van der Waals surface area contributed by atoms with Crippen LogP contribution in [0.4, 0.5) is 0 Å². The van der Waals surface area contributed by atoms with Crippen LogP contribution in [0.25, 0.3) is 0 Å². The van der Waals surface area contributed by atoms with Gasteiger partial charge in [0.15, 0.2) is 0 Å². The van der Waals surface area contributed by atoms with Crippen molar-refractivity contribution >= 4 is 28.5 Å². The average Bonchev–Trinajstić information content (AvgIpc) is 2.16. The lowest BCUT2D eigenvalue weighted by Crippen LogP contribution is -2.26. The molecule has 1 atom stereocenters. The van der Waals surface area contributed by atoms with Crippen LogP contribution < -0.4 is 5.73 Å². The van der Waals surface area contributed by atoms with E-state index in [2.05, 4.69) is 22.6 Å². The number of phenols is 1. The molecule has 0 fully saturated rings. The lowest BCUT2D eigenvalue weighted by molar-refractivity contribution is -0.121. The summed E-state index contributed by atoms with van der Waals surface area (Å²) in [5, 5.41) is 9.06. The highest BCUT2D eigenvalue weighted by molar-refractivity contribution is 14.1. The summed E-state index contributed by atoms with van der Waals surface area (Å²) in [6.07, 6.45) is 0.637. The minimum atomic E-state index is -0.271. The fourth-order valence-electron chi connectivity index (χ4n) is 1.15. The Morgan fingerprint density at radius 3 is 2.43 bits per heavy atom. The maximum Gasteiger partial charge on any atom is 0.221 e. The SMILES string of the molecule is NC(=O)[C@@H](CI)Cc1ccc(O)cc1. The second-order valence-corrected chi connectivity index (χ2v) is 4.00. The summed E-state index contributed by atoms with van der Waals surface area (Å²) in [4.78, 5) is 11.0. The van der Waals surface area contributed by atoms with Crippen LogP contribution in [-0.2, 0) is 11.2 Å². The number of aromatic hydroxyl groups is 1. The third-order valence-corrected chi connectivity index (χ3v) is 3.07. The zero-order valence-electron chi connectivity index (χ0n) is 7.61. The van der Waals surface area contributed by atoms with Crippen LogP contribution in [0.1, 0.15) is 5.56 Å². The molecule has 0 aliphatic heterocycles. The maximum absolute atomic E-state index is 11.0. The van der Waals surface area contributed by atoms with Crippen molar-refractivity contribution < 1.29 is 9.90 Å². The van der Waals surface area contributed by atoms with Crippen molar-refractivity contribution in [2.45, 2.75) is 6.42 Å². The largest absolute Gasteiger partial charge is 0.508 e. The number of primary amides is 1. The predicted octanol–water partition coefficient (Wildman–Crippen LogP) is 1.47. The van der Waals surface area contributed by atoms with Gasteiger partial charge in [0, 0.05) is 4.43 Å². The van der Waals surface area contributed by atoms with Gasteiger partial charge in [-0.15, -0.1) is 0 Å². The molecule has 14 heavy (non-hydrogen) atoms. The molecule has 0 bridgehead atoms. The van der Waals surface area contributed by atoms with E-state index in [4.69, 9.17) is 10.8 Å². The van der Waals surface area contributed by atoms with E-state index < -0.39 is 0 Å². The van der Waals surface area contributed by atoms with Crippen LogP contribution in [0.5, 0.6) is 5.75 Å². The fraction of sp³-hybridized carbons (Fsp3) is 0.300. The monoisotopic (exact) mass is 305 g/mol. The first kappa shape index (κ1) is 11.3. The number of hydrogen-bond acceptors (Lipinski definition) is 2. The molecule has 3 nitrogen and oxygen atoms in total. The molecule has 0 heterocycles. The minimum Gasteiger partial charge on any atom is -0.508 e. The van der Waals surface area contributed by atoms with Crippen LogP contribution in [0.3, 0.4) is 0 Å². The summed E-state index contributed by atoms with van der Waals surface area (Å²) >= 11 is 2.15. The second-order valence-electron chi connectivity index (χ2n) is 3.12. The molecule has 0 aromatic heterocycles. The van der Waals surface area contributed by atoms with Gasteiger partial charge in [-0.1, -0.05) is 34.7 Å². The minimum absolute atomic E-state index is 0.125. The molecule has 0 unspecified atom stereocenters. The van der Waals surface area contributed by atoms with Gasteiger partial charge >= 0.3 is 0 Å². The number of halogens is 1. The Hall–Kier alpha value is -0.780. The van der Waals surface area contributed by atoms with Crippen molar-refractivity contribution in [1.82, 2.24) is 0 Å². The summed E-state index contributed by atoms with van der Waals surface area (Å²) in [6, 6.07) is 6.83. The predicted molar refractivity (Wildman–Crippen MR) is 63.4 cm³/mol. The number of carbonyl (C=O) groups excluding carboxylic acids is 1. The first-order valence-electron chi connectivity index (χ1n) is 4.26. The summed E-state index contributed by atoms with van der Waals surface area (Å²) in [5.41, 5.74) is 6.25. The van der Waals surface area contributed by atoms with Crippen molar-refractivity contribution in [3.63, 3.8) is 0 Å². The maximum atomic E-state index is 11.0. The highest BCUT2D eigenvalue weighted by Gasteiger charge is 2.13. The Kier molecular flexibility index (Phi) is 4.19. The zero-order valence-corrected chi connectivity index (χ0v) is 9.77. The molecule has 76 valence electrons. The number of carbonyl (C=O) groups is 1. The van der Waals surface area contributed by atoms with Crippen LogP contribution in [-0.4, -0.2) is 15.4 Å². The Balaban J connectivity index is 2.67. The molecule has 1 aromatic carbocycles. The number of hydrogen-bond donors (Lipinski definition) is 2. The molecular weight excluding hydrogens is 293 g/mol. The van der Waals surface area contributed by atoms with Gasteiger partial charge in [0.25, 0.3) is 0 Å². The average molecular weight is 305 g/mol. The molecule has 1 amide bonds. The van der Waals surface area contributed by atoms with E-state index in [1.807, 2.05) is 0 Å². The van der Waals surface area contributed by atoms with Crippen LogP contribution in [0.2, 0.25) is 0 Å². The topological polar surface area (TPSA) is 63.3 Å². The summed E-state index contributed by atoms with van der Waals surface area (Å²) in [6.45, 7) is 0. The first-order valence-corrected chi connectivity index (χ1v) is 5.79. The Bertz CT molecular complexity index is 310. The number of amides is 1. The molecule has 4 heteroatoms. The van der Waals surface area contributed by atoms with Crippen LogP contribution in [0.15, 0.2) is 24.3 Å². The highest BCUT2D eigenvalue weighted by Crippen LogP contribution is 2.14. The van der Waals surface area contributed by atoms with E-state index in [0.717, 1.165) is 5.56 Å². The third kappa shape index (κ3) is 3.17. The molecule has 0 spiro atoms. The van der Waals surface area contributed by atoms with E-state index in [0.29, 0.717) is 10.8 Å². The third-order valence-electron chi connectivity index (χ3n) is 2.01. The second kappa shape index (κ2) is 5.19. The van der Waals surface area contributed by atoms with Crippen LogP contribution in [0, 0.1) is 5.92 Å². The van der Waals surface area contributed by atoms with Gasteiger partial charge in [-0.25, -0.2) is 0 Å². The summed E-state index contributed by atoms with van der Waals surface area (Å²) in [5.74, 6) is -0.161. The summed E-state index contributed by atoms with van der Waals surface area (Å²) < 4.78 is 0.716. The van der Waals surface area contributed by atoms with Gasteiger partial charge in [0.05, 0.1) is 5.92 Å². The van der Waals surface area contributed by atoms with Crippen molar-refractivity contribution in [2.75, 3.05) is 4.43 Å². The smallest absolute Gasteiger partial charge is 0.221 e. The van der Waals surface area contributed by atoms with E-state index in [-0.39, 0.29) is 17.6 Å². The Morgan fingerprint density at radius 1 is 1.43 bits per heavy atom. The molecule has 3 N–H and O–H groups in total. The van der Waals surface area contributed by atoms with Gasteiger partial charge < -0.3 is 10.8 Å². The van der Waals surface area contributed by atoms with E-state index >= 15 is 0 Å². The van der Waals surface area contributed by atoms with E-state index in [1.54, 1.807) is 24.3 Å². The lowest BCUT2D eigenvalue weighted by atomic mass is 10.0. The van der Waals surface area contributed by atoms with Crippen molar-refractivity contribution in [3.8, 4) is 5.75 Å². The van der Waals surface area contributed by atoms with E-state index in [9.17, 15) is 4.79 Å². The van der Waals surface area contributed by atoms with Gasteiger partial charge in [-0.05, 0) is 24.1 Å². The first-order chi connectivity index (χ1) is 6.63. The van der Waals surface area contributed by atoms with Gasteiger partial charge in [0.1, 0.15) is 5.75 Å². The molecular formula is C10H12INO2. The van der Waals surface area contributed by atoms with Gasteiger partial charge in [-0.2, -0.15) is 0 Å². The number of benzene rings is 1. The Labute approximate surface area is 96.4 Å². The number of alkyl halides is 1. The molecule has 1 rings (SSSR count). The van der Waals surface area contributed by atoms with Gasteiger partial charge in [-0.3, -0.25) is 4.79 Å². The molecule has 0 aliphatic rings. The molecule has 0 saturated carbocycles. The normalized spacial score (nSPS) is 12.4. The quantitative estimate of drug-likeness (QED) is 0.653. The van der Waals surface area contributed by atoms with Crippen molar-refractivity contribution in [2.24, 2.45) is 11.7 Å². The van der Waals surface area contributed by atoms with Crippen molar-refractivity contribution in [1.29, 1.82) is 0 Å². The number of rotatable bonds is 4.